The van der Waals surface area contributed by atoms with Crippen LogP contribution in [0.2, 0.25) is 0 Å². The molecule has 0 saturated carbocycles. The summed E-state index contributed by atoms with van der Waals surface area (Å²) in [6.45, 7) is 0. The number of aromatic hydroxyl groups is 3. The highest BCUT2D eigenvalue weighted by Crippen LogP contribution is 2.50. The molecular weight excluding hydrogens is 344 g/mol. The van der Waals surface area contributed by atoms with Crippen molar-refractivity contribution in [2.24, 2.45) is 0 Å². The lowest BCUT2D eigenvalue weighted by molar-refractivity contribution is 0.311. The van der Waals surface area contributed by atoms with Gasteiger partial charge >= 0.3 is 0 Å². The van der Waals surface area contributed by atoms with E-state index in [0.717, 1.165) is 0 Å². The number of phenols is 2. The molecule has 0 saturated heterocycles. The second-order valence-corrected chi connectivity index (χ2v) is 5.31. The average molecular weight is 360 g/mol. The minimum Gasteiger partial charge on any atom is -0.508 e. The van der Waals surface area contributed by atoms with Gasteiger partial charge in [-0.15, -0.1) is 0 Å². The van der Waals surface area contributed by atoms with Crippen molar-refractivity contribution in [1.29, 1.82) is 0 Å². The molecule has 8 heteroatoms. The number of ether oxygens (including phenoxy) is 3. The maximum absolute atomic E-state index is 12.7. The van der Waals surface area contributed by atoms with Crippen molar-refractivity contribution in [1.82, 2.24) is 0 Å². The van der Waals surface area contributed by atoms with Crippen LogP contribution in [-0.4, -0.2) is 36.6 Å². The van der Waals surface area contributed by atoms with E-state index in [9.17, 15) is 20.1 Å². The summed E-state index contributed by atoms with van der Waals surface area (Å²) in [7, 11) is 3.96. The van der Waals surface area contributed by atoms with Crippen LogP contribution in [0.15, 0.2) is 33.5 Å². The van der Waals surface area contributed by atoms with Crippen molar-refractivity contribution in [3.8, 4) is 45.8 Å². The topological polar surface area (TPSA) is 119 Å². The lowest BCUT2D eigenvalue weighted by Crippen LogP contribution is -2.06. The van der Waals surface area contributed by atoms with E-state index >= 15 is 0 Å². The van der Waals surface area contributed by atoms with Crippen molar-refractivity contribution < 1.29 is 33.9 Å². The molecule has 0 atom stereocenters. The van der Waals surface area contributed by atoms with Gasteiger partial charge in [-0.3, -0.25) is 4.79 Å². The Morgan fingerprint density at radius 2 is 1.38 bits per heavy atom. The molecule has 0 fully saturated rings. The second kappa shape index (κ2) is 6.40. The Hall–Kier alpha value is -3.55. The normalized spacial score (nSPS) is 10.7. The average Bonchev–Trinajstić information content (AvgIpc) is 2.64. The Kier molecular flexibility index (Phi) is 4.25. The fourth-order valence-corrected chi connectivity index (χ4v) is 2.70. The monoisotopic (exact) mass is 360 g/mol. The van der Waals surface area contributed by atoms with Gasteiger partial charge in [0, 0.05) is 5.56 Å². The van der Waals surface area contributed by atoms with Crippen molar-refractivity contribution in [2.75, 3.05) is 21.3 Å². The van der Waals surface area contributed by atoms with Gasteiger partial charge in [0.25, 0.3) is 0 Å². The van der Waals surface area contributed by atoms with E-state index < -0.39 is 16.9 Å². The smallest absolute Gasteiger partial charge is 0.239 e. The summed E-state index contributed by atoms with van der Waals surface area (Å²) >= 11 is 0. The number of phenolic OH excluding ortho intramolecular Hbond substituents is 2. The number of benzene rings is 2. The van der Waals surface area contributed by atoms with Crippen LogP contribution in [0.1, 0.15) is 0 Å². The summed E-state index contributed by atoms with van der Waals surface area (Å²) in [6.07, 6.45) is 0. The summed E-state index contributed by atoms with van der Waals surface area (Å²) in [5, 5.41) is 29.8. The molecule has 136 valence electrons. The Morgan fingerprint density at radius 1 is 0.808 bits per heavy atom. The fraction of sp³-hybridized carbons (Fsp3) is 0.167. The molecule has 0 aliphatic rings. The van der Waals surface area contributed by atoms with Gasteiger partial charge in [-0.2, -0.15) is 0 Å². The molecule has 0 aliphatic carbocycles. The first kappa shape index (κ1) is 17.3. The fourth-order valence-electron chi connectivity index (χ4n) is 2.70. The molecule has 26 heavy (non-hydrogen) atoms. The van der Waals surface area contributed by atoms with Crippen LogP contribution in [0.3, 0.4) is 0 Å². The summed E-state index contributed by atoms with van der Waals surface area (Å²) in [5.41, 5.74) is -0.643. The maximum Gasteiger partial charge on any atom is 0.239 e. The van der Waals surface area contributed by atoms with Gasteiger partial charge in [-0.1, -0.05) is 0 Å². The molecule has 0 bridgehead atoms. The SMILES string of the molecule is COc1c(OC)c(O)c2c(=O)c(O)c(-c3ccc(O)cc3)oc2c1OC. The van der Waals surface area contributed by atoms with E-state index in [1.807, 2.05) is 0 Å². The lowest BCUT2D eigenvalue weighted by Gasteiger charge is -2.16. The number of hydrogen-bond donors (Lipinski definition) is 3. The third-order valence-electron chi connectivity index (χ3n) is 3.90. The first-order valence-electron chi connectivity index (χ1n) is 7.44. The third kappa shape index (κ3) is 2.43. The largest absolute Gasteiger partial charge is 0.508 e. The zero-order chi connectivity index (χ0) is 19.0. The van der Waals surface area contributed by atoms with Crippen LogP contribution in [0.5, 0.6) is 34.5 Å². The molecular formula is C18H16O8. The Balaban J connectivity index is 2.48. The van der Waals surface area contributed by atoms with Gasteiger partial charge in [0.2, 0.25) is 28.4 Å². The van der Waals surface area contributed by atoms with Crippen LogP contribution in [0, 0.1) is 0 Å². The summed E-state index contributed by atoms with van der Waals surface area (Å²) < 4.78 is 21.3. The molecule has 3 N–H and O–H groups in total. The van der Waals surface area contributed by atoms with Gasteiger partial charge in [0.1, 0.15) is 11.1 Å². The van der Waals surface area contributed by atoms with Crippen LogP contribution < -0.4 is 19.6 Å². The lowest BCUT2D eigenvalue weighted by atomic mass is 10.1. The van der Waals surface area contributed by atoms with Gasteiger partial charge < -0.3 is 33.9 Å². The van der Waals surface area contributed by atoms with Crippen LogP contribution in [0.4, 0.5) is 0 Å². The minimum atomic E-state index is -0.869. The number of fused-ring (bicyclic) bond motifs is 1. The summed E-state index contributed by atoms with van der Waals surface area (Å²) in [5.74, 6) is -1.44. The van der Waals surface area contributed by atoms with Crippen LogP contribution in [0.25, 0.3) is 22.3 Å². The molecule has 0 amide bonds. The molecule has 0 spiro atoms. The summed E-state index contributed by atoms with van der Waals surface area (Å²) in [6, 6.07) is 5.68. The minimum absolute atomic E-state index is 0.0120. The van der Waals surface area contributed by atoms with E-state index in [0.29, 0.717) is 5.56 Å². The summed E-state index contributed by atoms with van der Waals surface area (Å²) in [4.78, 5) is 12.7. The highest BCUT2D eigenvalue weighted by Gasteiger charge is 2.28. The van der Waals surface area contributed by atoms with Gasteiger partial charge in [0.15, 0.2) is 17.1 Å². The van der Waals surface area contributed by atoms with Crippen molar-refractivity contribution in [3.05, 3.63) is 34.5 Å². The van der Waals surface area contributed by atoms with Gasteiger partial charge in [-0.25, -0.2) is 0 Å². The highest BCUT2D eigenvalue weighted by atomic mass is 16.5. The molecule has 0 aliphatic heterocycles. The van der Waals surface area contributed by atoms with E-state index in [1.54, 1.807) is 0 Å². The third-order valence-corrected chi connectivity index (χ3v) is 3.90. The molecule has 2 aromatic carbocycles. The Bertz CT molecular complexity index is 1030. The quantitative estimate of drug-likeness (QED) is 0.650. The maximum atomic E-state index is 12.7. The first-order chi connectivity index (χ1) is 12.4. The Labute approximate surface area is 147 Å². The van der Waals surface area contributed by atoms with Gasteiger partial charge in [-0.05, 0) is 24.3 Å². The number of rotatable bonds is 4. The zero-order valence-electron chi connectivity index (χ0n) is 14.2. The predicted octanol–water partition coefficient (Wildman–Crippen LogP) is 2.60. The molecule has 8 nitrogen and oxygen atoms in total. The van der Waals surface area contributed by atoms with Crippen LogP contribution in [-0.2, 0) is 0 Å². The van der Waals surface area contributed by atoms with E-state index in [-0.39, 0.29) is 39.7 Å². The second-order valence-electron chi connectivity index (χ2n) is 5.31. The first-order valence-corrected chi connectivity index (χ1v) is 7.44. The molecule has 0 radical (unpaired) electrons. The van der Waals surface area contributed by atoms with E-state index in [4.69, 9.17) is 18.6 Å². The van der Waals surface area contributed by atoms with Crippen molar-refractivity contribution >= 4 is 11.0 Å². The molecule has 1 heterocycles. The highest BCUT2D eigenvalue weighted by molar-refractivity contribution is 5.96. The molecule has 0 unspecified atom stereocenters. The molecule has 1 aromatic heterocycles. The predicted molar refractivity (Wildman–Crippen MR) is 92.6 cm³/mol. The number of hydrogen-bond acceptors (Lipinski definition) is 8. The number of methoxy groups -OCH3 is 3. The molecule has 3 aromatic rings. The van der Waals surface area contributed by atoms with Crippen molar-refractivity contribution in [3.63, 3.8) is 0 Å². The van der Waals surface area contributed by atoms with Crippen LogP contribution >= 0.6 is 0 Å². The van der Waals surface area contributed by atoms with E-state index in [2.05, 4.69) is 0 Å². The van der Waals surface area contributed by atoms with Gasteiger partial charge in [0.05, 0.1) is 21.3 Å². The van der Waals surface area contributed by atoms with E-state index in [1.165, 1.54) is 45.6 Å². The molecule has 3 rings (SSSR count). The zero-order valence-corrected chi connectivity index (χ0v) is 14.2. The standard InChI is InChI=1S/C18H16O8/c1-23-16-12(21)10-11(20)13(22)14(8-4-6-9(19)7-5-8)26-15(10)17(24-2)18(16)25-3/h4-7,19,21-22H,1-3H3. The van der Waals surface area contributed by atoms with Crippen molar-refractivity contribution in [2.45, 2.75) is 0 Å². The Morgan fingerprint density at radius 3 is 1.92 bits per heavy atom.